The molecule has 0 aromatic heterocycles. The molecule has 0 spiro atoms. The van der Waals surface area contributed by atoms with Crippen molar-refractivity contribution in [3.05, 3.63) is 0 Å². The number of nitrogens with zero attached hydrogens (tertiary/aromatic N) is 2. The largest absolute Gasteiger partial charge is 0.317 e. The van der Waals surface area contributed by atoms with Crippen LogP contribution in [0.4, 0.5) is 0 Å². The molecule has 2 heterocycles. The molecule has 2 saturated heterocycles. The number of nitrogens with one attached hydrogen (secondary N) is 1. The smallest absolute Gasteiger partial charge is 0.0110 e. The van der Waals surface area contributed by atoms with Crippen LogP contribution in [0, 0.1) is 5.92 Å². The van der Waals surface area contributed by atoms with E-state index < -0.39 is 0 Å². The lowest BCUT2D eigenvalue weighted by Crippen LogP contribution is -2.47. The molecule has 2 fully saturated rings. The van der Waals surface area contributed by atoms with Crippen molar-refractivity contribution in [3.8, 4) is 0 Å². The van der Waals surface area contributed by atoms with Crippen LogP contribution in [-0.2, 0) is 0 Å². The van der Waals surface area contributed by atoms with Crippen molar-refractivity contribution < 1.29 is 0 Å². The predicted octanol–water partition coefficient (Wildman–Crippen LogP) is 1.26. The predicted molar refractivity (Wildman–Crippen MR) is 70.9 cm³/mol. The van der Waals surface area contributed by atoms with Crippen LogP contribution in [0.2, 0.25) is 0 Å². The third kappa shape index (κ3) is 4.81. The molecule has 16 heavy (non-hydrogen) atoms. The first-order valence-corrected chi connectivity index (χ1v) is 6.96. The second-order valence-electron chi connectivity index (χ2n) is 4.80. The lowest BCUT2D eigenvalue weighted by Gasteiger charge is -2.35. The maximum atomic E-state index is 3.43. The van der Waals surface area contributed by atoms with Crippen LogP contribution in [0.5, 0.6) is 0 Å². The summed E-state index contributed by atoms with van der Waals surface area (Å²) in [7, 11) is 2.22. The number of hydrogen-bond donors (Lipinski definition) is 1. The number of rotatable bonds is 2. The first-order valence-electron chi connectivity index (χ1n) is 6.96. The van der Waals surface area contributed by atoms with Gasteiger partial charge in [0.2, 0.25) is 0 Å². The monoisotopic (exact) mass is 227 g/mol. The van der Waals surface area contributed by atoms with Gasteiger partial charge in [0.05, 0.1) is 0 Å². The number of likely N-dealkylation sites (N-methyl/N-ethyl adjacent to an activating group) is 1. The summed E-state index contributed by atoms with van der Waals surface area (Å²) >= 11 is 0. The zero-order valence-electron chi connectivity index (χ0n) is 11.3. The van der Waals surface area contributed by atoms with Crippen LogP contribution in [-0.4, -0.2) is 62.7 Å². The van der Waals surface area contributed by atoms with Crippen molar-refractivity contribution in [2.24, 2.45) is 5.92 Å². The molecule has 96 valence electrons. The number of hydrogen-bond acceptors (Lipinski definition) is 3. The van der Waals surface area contributed by atoms with Crippen molar-refractivity contribution in [3.63, 3.8) is 0 Å². The van der Waals surface area contributed by atoms with Crippen molar-refractivity contribution in [1.82, 2.24) is 15.1 Å². The molecule has 0 unspecified atom stereocenters. The molecule has 2 aliphatic heterocycles. The van der Waals surface area contributed by atoms with E-state index in [1.165, 1.54) is 58.7 Å². The Labute approximate surface area is 101 Å². The Morgan fingerprint density at radius 1 is 1.00 bits per heavy atom. The van der Waals surface area contributed by atoms with Gasteiger partial charge in [-0.3, -0.25) is 0 Å². The van der Waals surface area contributed by atoms with E-state index in [1.54, 1.807) is 0 Å². The van der Waals surface area contributed by atoms with Gasteiger partial charge in [0.25, 0.3) is 0 Å². The van der Waals surface area contributed by atoms with Gasteiger partial charge in [0.15, 0.2) is 0 Å². The minimum atomic E-state index is 0.958. The van der Waals surface area contributed by atoms with E-state index in [9.17, 15) is 0 Å². The van der Waals surface area contributed by atoms with Gasteiger partial charge in [-0.15, -0.1) is 0 Å². The summed E-state index contributed by atoms with van der Waals surface area (Å²) in [5.74, 6) is 0.958. The van der Waals surface area contributed by atoms with E-state index in [0.717, 1.165) is 5.92 Å². The third-order valence-corrected chi connectivity index (χ3v) is 3.57. The quantitative estimate of drug-likeness (QED) is 0.766. The van der Waals surface area contributed by atoms with E-state index >= 15 is 0 Å². The Morgan fingerprint density at radius 3 is 2.12 bits per heavy atom. The van der Waals surface area contributed by atoms with Crippen molar-refractivity contribution in [2.75, 3.05) is 52.9 Å². The molecule has 0 aromatic rings. The second kappa shape index (κ2) is 8.04. The fourth-order valence-electron chi connectivity index (χ4n) is 2.46. The molecular formula is C13H29N3. The van der Waals surface area contributed by atoms with Gasteiger partial charge in [-0.2, -0.15) is 0 Å². The summed E-state index contributed by atoms with van der Waals surface area (Å²) in [6.45, 7) is 12.9. The van der Waals surface area contributed by atoms with Gasteiger partial charge in [-0.1, -0.05) is 13.8 Å². The fraction of sp³-hybridized carbons (Fsp3) is 1.00. The fourth-order valence-corrected chi connectivity index (χ4v) is 2.46. The van der Waals surface area contributed by atoms with Crippen LogP contribution >= 0.6 is 0 Å². The van der Waals surface area contributed by atoms with E-state index in [4.69, 9.17) is 0 Å². The molecule has 0 saturated carbocycles. The van der Waals surface area contributed by atoms with E-state index in [0.29, 0.717) is 0 Å². The summed E-state index contributed by atoms with van der Waals surface area (Å²) < 4.78 is 0. The molecule has 0 bridgehead atoms. The summed E-state index contributed by atoms with van der Waals surface area (Å²) in [6, 6.07) is 0. The Morgan fingerprint density at radius 2 is 1.56 bits per heavy atom. The van der Waals surface area contributed by atoms with Gasteiger partial charge >= 0.3 is 0 Å². The molecule has 3 nitrogen and oxygen atoms in total. The first kappa shape index (κ1) is 13.9. The normalized spacial score (nSPS) is 24.9. The van der Waals surface area contributed by atoms with E-state index in [2.05, 4.69) is 22.2 Å². The number of piperazine rings is 1. The summed E-state index contributed by atoms with van der Waals surface area (Å²) in [6.07, 6.45) is 2.76. The zero-order chi connectivity index (χ0) is 11.8. The van der Waals surface area contributed by atoms with E-state index in [-0.39, 0.29) is 0 Å². The second-order valence-corrected chi connectivity index (χ2v) is 4.80. The number of piperidine rings is 1. The molecular weight excluding hydrogens is 198 g/mol. The zero-order valence-corrected chi connectivity index (χ0v) is 11.3. The molecule has 3 heteroatoms. The Kier molecular flexibility index (Phi) is 7.01. The minimum absolute atomic E-state index is 0.958. The minimum Gasteiger partial charge on any atom is -0.317 e. The molecule has 0 radical (unpaired) electrons. The molecule has 0 atom stereocenters. The molecule has 1 N–H and O–H groups in total. The van der Waals surface area contributed by atoms with Crippen LogP contribution in [0.3, 0.4) is 0 Å². The summed E-state index contributed by atoms with van der Waals surface area (Å²) in [4.78, 5) is 5.08. The lowest BCUT2D eigenvalue weighted by atomic mass is 9.97. The maximum Gasteiger partial charge on any atom is 0.0110 e. The Bertz CT molecular complexity index is 159. The standard InChI is InChI=1S/C11H23N3.C2H6/c1-13-6-8-14(9-7-13)10-11-2-4-12-5-3-11;1-2/h11-12H,2-10H2,1H3;1-2H3. The molecule has 0 amide bonds. The van der Waals surface area contributed by atoms with Gasteiger partial charge < -0.3 is 15.1 Å². The van der Waals surface area contributed by atoms with Crippen LogP contribution in [0.1, 0.15) is 26.7 Å². The van der Waals surface area contributed by atoms with Gasteiger partial charge in [-0.25, -0.2) is 0 Å². The average Bonchev–Trinajstić information content (AvgIpc) is 2.36. The van der Waals surface area contributed by atoms with Crippen LogP contribution < -0.4 is 5.32 Å². The molecule has 2 rings (SSSR count). The highest BCUT2D eigenvalue weighted by Gasteiger charge is 2.19. The molecule has 0 aliphatic carbocycles. The molecule has 0 aromatic carbocycles. The highest BCUT2D eigenvalue weighted by atomic mass is 15.2. The van der Waals surface area contributed by atoms with Gasteiger partial charge in [0.1, 0.15) is 0 Å². The Balaban J connectivity index is 0.000000606. The highest BCUT2D eigenvalue weighted by molar-refractivity contribution is 4.75. The van der Waals surface area contributed by atoms with Crippen molar-refractivity contribution >= 4 is 0 Å². The lowest BCUT2D eigenvalue weighted by molar-refractivity contribution is 0.127. The molecule has 2 aliphatic rings. The summed E-state index contributed by atoms with van der Waals surface area (Å²) in [5, 5.41) is 3.43. The van der Waals surface area contributed by atoms with Crippen LogP contribution in [0.25, 0.3) is 0 Å². The summed E-state index contributed by atoms with van der Waals surface area (Å²) in [5.41, 5.74) is 0. The topological polar surface area (TPSA) is 18.5 Å². The third-order valence-electron chi connectivity index (χ3n) is 3.57. The van der Waals surface area contributed by atoms with Crippen LogP contribution in [0.15, 0.2) is 0 Å². The van der Waals surface area contributed by atoms with Crippen molar-refractivity contribution in [1.29, 1.82) is 0 Å². The van der Waals surface area contributed by atoms with Gasteiger partial charge in [0, 0.05) is 32.7 Å². The van der Waals surface area contributed by atoms with Gasteiger partial charge in [-0.05, 0) is 38.9 Å². The Hall–Kier alpha value is -0.120. The maximum absolute atomic E-state index is 3.43. The first-order chi connectivity index (χ1) is 7.84. The van der Waals surface area contributed by atoms with Crippen molar-refractivity contribution in [2.45, 2.75) is 26.7 Å². The van der Waals surface area contributed by atoms with E-state index in [1.807, 2.05) is 13.8 Å². The average molecular weight is 227 g/mol. The SMILES string of the molecule is CC.CN1CCN(CC2CCNCC2)CC1. The highest BCUT2D eigenvalue weighted by Crippen LogP contribution is 2.14.